The fourth-order valence-corrected chi connectivity index (χ4v) is 1.90. The van der Waals surface area contributed by atoms with Crippen LogP contribution in [-0.4, -0.2) is 17.0 Å². The molecule has 82 valence electrons. The van der Waals surface area contributed by atoms with E-state index in [1.54, 1.807) is 6.07 Å². The number of benzene rings is 1. The lowest BCUT2D eigenvalue weighted by atomic mass is 10.0. The molecule has 1 amide bonds. The first-order valence-corrected chi connectivity index (χ1v) is 6.07. The first kappa shape index (κ1) is 11.1. The number of ketones is 1. The summed E-state index contributed by atoms with van der Waals surface area (Å²) in [7, 11) is 0. The second-order valence-electron chi connectivity index (χ2n) is 3.43. The van der Waals surface area contributed by atoms with Crippen molar-refractivity contribution >= 4 is 39.4 Å². The predicted molar refractivity (Wildman–Crippen MR) is 66.8 cm³/mol. The summed E-state index contributed by atoms with van der Waals surface area (Å²) in [6, 6.07) is 5.40. The number of carbonyl (C=O) groups excluding carboxylic acids is 2. The van der Waals surface area contributed by atoms with Gasteiger partial charge in [0.15, 0.2) is 0 Å². The maximum absolute atomic E-state index is 11.6. The van der Waals surface area contributed by atoms with Crippen LogP contribution >= 0.6 is 15.9 Å². The zero-order valence-corrected chi connectivity index (χ0v) is 10.1. The van der Waals surface area contributed by atoms with Crippen LogP contribution in [0.15, 0.2) is 24.3 Å². The summed E-state index contributed by atoms with van der Waals surface area (Å²) in [5, 5.41) is 3.42. The molecule has 0 spiro atoms. The first-order chi connectivity index (χ1) is 7.74. The van der Waals surface area contributed by atoms with E-state index in [1.165, 1.54) is 0 Å². The molecular weight excluding hydrogens is 270 g/mol. The summed E-state index contributed by atoms with van der Waals surface area (Å²) in [5.41, 5.74) is 1.89. The van der Waals surface area contributed by atoms with E-state index in [1.807, 2.05) is 24.3 Å². The van der Waals surface area contributed by atoms with Crippen LogP contribution in [0.25, 0.3) is 6.08 Å². The van der Waals surface area contributed by atoms with Gasteiger partial charge in [-0.1, -0.05) is 40.2 Å². The molecule has 1 aliphatic heterocycles. The standard InChI is InChI=1S/C12H10BrNO2/c13-7-2-1-4-8-5-3-6-9-10(8)11(15)12(16)14-9/h1,3-6H,2,7H2,(H,14,15,16). The van der Waals surface area contributed by atoms with Gasteiger partial charge in [0.1, 0.15) is 0 Å². The normalized spacial score (nSPS) is 14.3. The van der Waals surface area contributed by atoms with E-state index >= 15 is 0 Å². The smallest absolute Gasteiger partial charge is 0.296 e. The van der Waals surface area contributed by atoms with E-state index in [0.717, 1.165) is 17.3 Å². The number of amides is 1. The Labute approximate surface area is 102 Å². The number of anilines is 1. The SMILES string of the molecule is O=C1Nc2cccc(C=CCCBr)c2C1=O. The molecule has 2 rings (SSSR count). The van der Waals surface area contributed by atoms with Crippen molar-refractivity contribution in [2.45, 2.75) is 6.42 Å². The number of nitrogens with one attached hydrogen (secondary N) is 1. The number of alkyl halides is 1. The molecule has 1 aliphatic rings. The molecule has 0 aromatic heterocycles. The highest BCUT2D eigenvalue weighted by Crippen LogP contribution is 2.27. The summed E-state index contributed by atoms with van der Waals surface area (Å²) in [4.78, 5) is 22.8. The third kappa shape index (κ3) is 1.93. The van der Waals surface area contributed by atoms with Crippen LogP contribution in [0, 0.1) is 0 Å². The van der Waals surface area contributed by atoms with Gasteiger partial charge in [-0.15, -0.1) is 0 Å². The number of hydrogen-bond donors (Lipinski definition) is 1. The summed E-state index contributed by atoms with van der Waals surface area (Å²) in [6.07, 6.45) is 4.73. The molecule has 16 heavy (non-hydrogen) atoms. The number of rotatable bonds is 3. The van der Waals surface area contributed by atoms with Gasteiger partial charge in [-0.3, -0.25) is 9.59 Å². The maximum atomic E-state index is 11.6. The third-order valence-electron chi connectivity index (χ3n) is 2.35. The van der Waals surface area contributed by atoms with Crippen molar-refractivity contribution in [3.63, 3.8) is 0 Å². The Balaban J connectivity index is 2.39. The van der Waals surface area contributed by atoms with Crippen LogP contribution < -0.4 is 5.32 Å². The second-order valence-corrected chi connectivity index (χ2v) is 4.23. The van der Waals surface area contributed by atoms with Gasteiger partial charge in [0.05, 0.1) is 11.3 Å². The largest absolute Gasteiger partial charge is 0.318 e. The highest BCUT2D eigenvalue weighted by Gasteiger charge is 2.29. The molecule has 0 radical (unpaired) electrons. The van der Waals surface area contributed by atoms with Gasteiger partial charge in [-0.25, -0.2) is 0 Å². The Morgan fingerprint density at radius 2 is 2.12 bits per heavy atom. The Morgan fingerprint density at radius 3 is 2.88 bits per heavy atom. The van der Waals surface area contributed by atoms with Gasteiger partial charge in [-0.2, -0.15) is 0 Å². The summed E-state index contributed by atoms with van der Waals surface area (Å²) >= 11 is 3.32. The summed E-state index contributed by atoms with van der Waals surface area (Å²) < 4.78 is 0. The minimum absolute atomic E-state index is 0.450. The highest BCUT2D eigenvalue weighted by atomic mass is 79.9. The van der Waals surface area contributed by atoms with Gasteiger partial charge in [0, 0.05) is 5.33 Å². The van der Waals surface area contributed by atoms with Crippen LogP contribution in [0.3, 0.4) is 0 Å². The van der Waals surface area contributed by atoms with Gasteiger partial charge in [0.25, 0.3) is 11.7 Å². The van der Waals surface area contributed by atoms with Crippen molar-refractivity contribution in [2.24, 2.45) is 0 Å². The van der Waals surface area contributed by atoms with Crippen LogP contribution in [0.1, 0.15) is 22.3 Å². The summed E-state index contributed by atoms with van der Waals surface area (Å²) in [6.45, 7) is 0. The lowest BCUT2D eigenvalue weighted by Crippen LogP contribution is -2.12. The Morgan fingerprint density at radius 1 is 1.31 bits per heavy atom. The molecular formula is C12H10BrNO2. The van der Waals surface area contributed by atoms with Crippen LogP contribution in [-0.2, 0) is 4.79 Å². The van der Waals surface area contributed by atoms with E-state index in [4.69, 9.17) is 0 Å². The molecule has 0 unspecified atom stereocenters. The predicted octanol–water partition coefficient (Wildman–Crippen LogP) is 2.62. The minimum Gasteiger partial charge on any atom is -0.318 e. The molecule has 1 heterocycles. The molecule has 1 aromatic rings. The van der Waals surface area contributed by atoms with Crippen molar-refractivity contribution in [2.75, 3.05) is 10.6 Å². The van der Waals surface area contributed by atoms with Gasteiger partial charge in [-0.05, 0) is 18.1 Å². The topological polar surface area (TPSA) is 46.2 Å². The molecule has 1 N–H and O–H groups in total. The zero-order valence-electron chi connectivity index (χ0n) is 8.50. The van der Waals surface area contributed by atoms with E-state index in [9.17, 15) is 9.59 Å². The number of carbonyl (C=O) groups is 2. The number of Topliss-reactive ketones (excluding diaryl/α,β-unsaturated/α-hetero) is 1. The highest BCUT2D eigenvalue weighted by molar-refractivity contribution is 9.09. The number of allylic oxidation sites excluding steroid dienone is 1. The molecule has 3 nitrogen and oxygen atoms in total. The fourth-order valence-electron chi connectivity index (χ4n) is 1.63. The molecule has 0 aliphatic carbocycles. The second kappa shape index (κ2) is 4.61. The van der Waals surface area contributed by atoms with Crippen molar-refractivity contribution < 1.29 is 9.59 Å². The minimum atomic E-state index is -0.545. The van der Waals surface area contributed by atoms with Crippen molar-refractivity contribution in [1.82, 2.24) is 0 Å². The number of halogens is 1. The Hall–Kier alpha value is -1.42. The van der Waals surface area contributed by atoms with E-state index < -0.39 is 11.7 Å². The molecule has 0 fully saturated rings. The number of hydrogen-bond acceptors (Lipinski definition) is 2. The quantitative estimate of drug-likeness (QED) is 0.683. The monoisotopic (exact) mass is 279 g/mol. The molecule has 0 bridgehead atoms. The molecule has 0 saturated heterocycles. The zero-order chi connectivity index (χ0) is 11.5. The molecule has 0 atom stereocenters. The van der Waals surface area contributed by atoms with Gasteiger partial charge in [0.2, 0.25) is 0 Å². The molecule has 4 heteroatoms. The number of fused-ring (bicyclic) bond motifs is 1. The lowest BCUT2D eigenvalue weighted by molar-refractivity contribution is -0.112. The lowest BCUT2D eigenvalue weighted by Gasteiger charge is -2.00. The van der Waals surface area contributed by atoms with Crippen LogP contribution in [0.2, 0.25) is 0 Å². The van der Waals surface area contributed by atoms with Crippen molar-refractivity contribution in [1.29, 1.82) is 0 Å². The van der Waals surface area contributed by atoms with Crippen molar-refractivity contribution in [3.05, 3.63) is 35.4 Å². The fraction of sp³-hybridized carbons (Fsp3) is 0.167. The van der Waals surface area contributed by atoms with E-state index in [2.05, 4.69) is 21.2 Å². The van der Waals surface area contributed by atoms with Crippen molar-refractivity contribution in [3.8, 4) is 0 Å². The van der Waals surface area contributed by atoms with E-state index in [-0.39, 0.29) is 0 Å². The van der Waals surface area contributed by atoms with Gasteiger partial charge >= 0.3 is 0 Å². The Bertz CT molecular complexity index is 480. The van der Waals surface area contributed by atoms with Crippen LogP contribution in [0.5, 0.6) is 0 Å². The summed E-state index contributed by atoms with van der Waals surface area (Å²) in [5.74, 6) is -0.995. The van der Waals surface area contributed by atoms with E-state index in [0.29, 0.717) is 11.3 Å². The van der Waals surface area contributed by atoms with Crippen LogP contribution in [0.4, 0.5) is 5.69 Å². The molecule has 0 saturated carbocycles. The molecule has 1 aromatic carbocycles. The first-order valence-electron chi connectivity index (χ1n) is 4.95. The Kier molecular flexibility index (Phi) is 3.19. The average molecular weight is 280 g/mol. The maximum Gasteiger partial charge on any atom is 0.296 e. The van der Waals surface area contributed by atoms with Gasteiger partial charge < -0.3 is 5.32 Å². The average Bonchev–Trinajstić information content (AvgIpc) is 2.56. The third-order valence-corrected chi connectivity index (χ3v) is 2.81.